The molecule has 3 unspecified atom stereocenters. The van der Waals surface area contributed by atoms with Crippen molar-refractivity contribution in [1.29, 1.82) is 0 Å². The van der Waals surface area contributed by atoms with Gasteiger partial charge in [0.15, 0.2) is 0 Å². The summed E-state index contributed by atoms with van der Waals surface area (Å²) in [6.07, 6.45) is 1.90. The molecule has 0 saturated carbocycles. The highest BCUT2D eigenvalue weighted by Gasteiger charge is 2.38. The summed E-state index contributed by atoms with van der Waals surface area (Å²) in [6.45, 7) is 4.13. The minimum Gasteiger partial charge on any atom is -0.351 e. The van der Waals surface area contributed by atoms with Gasteiger partial charge in [0.05, 0.1) is 20.9 Å². The molecule has 0 bridgehead atoms. The number of fused-ring (bicyclic) bond motifs is 1. The molecule has 1 amide bonds. The maximum Gasteiger partial charge on any atom is 0.237 e. The minimum absolute atomic E-state index is 0.00681. The van der Waals surface area contributed by atoms with Gasteiger partial charge in [0.1, 0.15) is 0 Å². The second-order valence-electron chi connectivity index (χ2n) is 8.11. The highest BCUT2D eigenvalue weighted by atomic mass is 35.5. The van der Waals surface area contributed by atoms with Gasteiger partial charge in [-0.3, -0.25) is 4.79 Å². The highest BCUT2D eigenvalue weighted by molar-refractivity contribution is 7.91. The molecule has 160 valence electrons. The lowest BCUT2D eigenvalue weighted by Gasteiger charge is -2.25. The Bertz CT molecular complexity index is 1030. The largest absolute Gasteiger partial charge is 0.351 e. The molecule has 3 atom stereocenters. The molecule has 4 rings (SSSR count). The van der Waals surface area contributed by atoms with Crippen molar-refractivity contribution < 1.29 is 13.2 Å². The molecule has 0 spiro atoms. The molecule has 8 heteroatoms. The molecule has 2 aromatic carbocycles. The Balaban J connectivity index is 1.39. The predicted octanol–water partition coefficient (Wildman–Crippen LogP) is 2.44. The summed E-state index contributed by atoms with van der Waals surface area (Å²) in [5.74, 6) is 0.500. The van der Waals surface area contributed by atoms with E-state index in [0.717, 1.165) is 37.1 Å². The Labute approximate surface area is 182 Å². The molecule has 0 radical (unpaired) electrons. The number of piperidine rings is 1. The Morgan fingerprint density at radius 1 is 1.20 bits per heavy atom. The van der Waals surface area contributed by atoms with Crippen LogP contribution in [0.15, 0.2) is 52.3 Å². The second kappa shape index (κ2) is 8.67. The molecule has 2 heterocycles. The van der Waals surface area contributed by atoms with Crippen LogP contribution in [0.3, 0.4) is 0 Å². The number of rotatable bonds is 5. The van der Waals surface area contributed by atoms with E-state index in [2.05, 4.69) is 16.0 Å². The van der Waals surface area contributed by atoms with Crippen LogP contribution in [0, 0.1) is 12.8 Å². The van der Waals surface area contributed by atoms with Crippen molar-refractivity contribution in [3.8, 4) is 0 Å². The predicted molar refractivity (Wildman–Crippen MR) is 116 cm³/mol. The van der Waals surface area contributed by atoms with Crippen LogP contribution in [-0.4, -0.2) is 39.5 Å². The fourth-order valence-electron chi connectivity index (χ4n) is 4.24. The summed E-state index contributed by atoms with van der Waals surface area (Å²) in [4.78, 5) is 12.8. The quantitative estimate of drug-likeness (QED) is 0.655. The Hall–Kier alpha value is -1.93. The van der Waals surface area contributed by atoms with Crippen LogP contribution in [0.1, 0.15) is 24.0 Å². The van der Waals surface area contributed by atoms with Crippen molar-refractivity contribution in [2.24, 2.45) is 5.92 Å². The first-order chi connectivity index (χ1) is 14.3. The Kier molecular flexibility index (Phi) is 6.16. The van der Waals surface area contributed by atoms with Crippen molar-refractivity contribution in [3.63, 3.8) is 0 Å². The van der Waals surface area contributed by atoms with Gasteiger partial charge < -0.3 is 16.0 Å². The van der Waals surface area contributed by atoms with E-state index < -0.39 is 9.84 Å². The number of sulfone groups is 1. The van der Waals surface area contributed by atoms with Crippen LogP contribution >= 0.6 is 11.6 Å². The van der Waals surface area contributed by atoms with E-state index >= 15 is 0 Å². The third kappa shape index (κ3) is 4.39. The Morgan fingerprint density at radius 3 is 2.70 bits per heavy atom. The monoisotopic (exact) mass is 447 g/mol. The van der Waals surface area contributed by atoms with Gasteiger partial charge in [-0.05, 0) is 74.2 Å². The fraction of sp³-hybridized carbons (Fsp3) is 0.409. The second-order valence-corrected chi connectivity index (χ2v) is 10.4. The summed E-state index contributed by atoms with van der Waals surface area (Å²) < 4.78 is 25.8. The first-order valence-corrected chi connectivity index (χ1v) is 12.1. The van der Waals surface area contributed by atoms with Gasteiger partial charge >= 0.3 is 0 Å². The third-order valence-electron chi connectivity index (χ3n) is 5.95. The van der Waals surface area contributed by atoms with E-state index in [1.807, 2.05) is 6.92 Å². The van der Waals surface area contributed by atoms with E-state index in [1.54, 1.807) is 42.5 Å². The SMILES string of the molecule is Cc1ccc(Cl)c(S(=O)(=O)c2ccc(CNC(=O)C3CC4CNCCC4N3)cc2)c1. The summed E-state index contributed by atoms with van der Waals surface area (Å²) in [5.41, 5.74) is 1.67. The zero-order valence-electron chi connectivity index (χ0n) is 16.8. The first kappa shape index (κ1) is 21.3. The number of benzene rings is 2. The van der Waals surface area contributed by atoms with Crippen molar-refractivity contribution >= 4 is 27.3 Å². The average Bonchev–Trinajstić information content (AvgIpc) is 3.18. The summed E-state index contributed by atoms with van der Waals surface area (Å²) >= 11 is 6.12. The zero-order chi connectivity index (χ0) is 21.3. The van der Waals surface area contributed by atoms with Crippen molar-refractivity contribution in [2.75, 3.05) is 13.1 Å². The number of carbonyl (C=O) groups is 1. The van der Waals surface area contributed by atoms with E-state index in [-0.39, 0.29) is 26.8 Å². The van der Waals surface area contributed by atoms with Gasteiger partial charge in [-0.2, -0.15) is 0 Å². The number of aryl methyl sites for hydroxylation is 1. The van der Waals surface area contributed by atoms with Crippen molar-refractivity contribution in [3.05, 3.63) is 58.6 Å². The number of nitrogens with one attached hydrogen (secondary N) is 3. The maximum atomic E-state index is 12.9. The molecule has 6 nitrogen and oxygen atoms in total. The van der Waals surface area contributed by atoms with Crippen LogP contribution in [0.2, 0.25) is 5.02 Å². The molecule has 0 aromatic heterocycles. The molecule has 2 aromatic rings. The van der Waals surface area contributed by atoms with E-state index in [0.29, 0.717) is 18.5 Å². The van der Waals surface area contributed by atoms with Crippen LogP contribution in [0.25, 0.3) is 0 Å². The zero-order valence-corrected chi connectivity index (χ0v) is 18.4. The van der Waals surface area contributed by atoms with Gasteiger partial charge in [-0.25, -0.2) is 8.42 Å². The molecular formula is C22H26ClN3O3S. The molecule has 2 aliphatic rings. The third-order valence-corrected chi connectivity index (χ3v) is 8.21. The number of hydrogen-bond acceptors (Lipinski definition) is 5. The molecule has 2 saturated heterocycles. The smallest absolute Gasteiger partial charge is 0.237 e. The van der Waals surface area contributed by atoms with Crippen LogP contribution in [0.4, 0.5) is 0 Å². The summed E-state index contributed by atoms with van der Waals surface area (Å²) in [7, 11) is -3.70. The van der Waals surface area contributed by atoms with Gasteiger partial charge in [-0.15, -0.1) is 0 Å². The maximum absolute atomic E-state index is 12.9. The molecule has 2 fully saturated rings. The highest BCUT2D eigenvalue weighted by Crippen LogP contribution is 2.29. The molecule has 0 aliphatic carbocycles. The first-order valence-electron chi connectivity index (χ1n) is 10.2. The van der Waals surface area contributed by atoms with E-state index in [4.69, 9.17) is 11.6 Å². The van der Waals surface area contributed by atoms with Crippen LogP contribution in [0.5, 0.6) is 0 Å². The standard InChI is InChI=1S/C22H26ClN3O3S/c1-14-2-7-18(23)21(10-14)30(28,29)17-5-3-15(4-6-17)12-25-22(27)20-11-16-13-24-9-8-19(16)26-20/h2-7,10,16,19-20,24,26H,8-9,11-13H2,1H3,(H,25,27). The lowest BCUT2D eigenvalue weighted by Crippen LogP contribution is -2.45. The van der Waals surface area contributed by atoms with Crippen LogP contribution in [-0.2, 0) is 21.2 Å². The average molecular weight is 448 g/mol. The number of hydrogen-bond donors (Lipinski definition) is 3. The number of amides is 1. The number of carbonyl (C=O) groups excluding carboxylic acids is 1. The lowest BCUT2D eigenvalue weighted by molar-refractivity contribution is -0.123. The molecule has 2 aliphatic heterocycles. The van der Waals surface area contributed by atoms with E-state index in [1.165, 1.54) is 0 Å². The fourth-order valence-corrected chi connectivity index (χ4v) is 6.08. The van der Waals surface area contributed by atoms with Gasteiger partial charge in [0, 0.05) is 12.6 Å². The topological polar surface area (TPSA) is 87.3 Å². The molecule has 3 N–H and O–H groups in total. The van der Waals surface area contributed by atoms with Gasteiger partial charge in [0.2, 0.25) is 15.7 Å². The Morgan fingerprint density at radius 2 is 1.97 bits per heavy atom. The number of halogens is 1. The van der Waals surface area contributed by atoms with Gasteiger partial charge in [0.25, 0.3) is 0 Å². The minimum atomic E-state index is -3.70. The summed E-state index contributed by atoms with van der Waals surface area (Å²) in [5, 5.41) is 9.99. The lowest BCUT2D eigenvalue weighted by atomic mass is 9.94. The summed E-state index contributed by atoms with van der Waals surface area (Å²) in [6, 6.07) is 11.8. The normalized spacial score (nSPS) is 23.7. The van der Waals surface area contributed by atoms with E-state index in [9.17, 15) is 13.2 Å². The van der Waals surface area contributed by atoms with Crippen LogP contribution < -0.4 is 16.0 Å². The van der Waals surface area contributed by atoms with Crippen molar-refractivity contribution in [1.82, 2.24) is 16.0 Å². The van der Waals surface area contributed by atoms with Gasteiger partial charge in [-0.1, -0.05) is 29.8 Å². The molecular weight excluding hydrogens is 422 g/mol. The molecule has 30 heavy (non-hydrogen) atoms. The van der Waals surface area contributed by atoms with Crippen molar-refractivity contribution in [2.45, 2.75) is 48.2 Å².